The van der Waals surface area contributed by atoms with E-state index in [0.717, 1.165) is 12.2 Å². The molecule has 1 aliphatic carbocycles. The van der Waals surface area contributed by atoms with Crippen LogP contribution in [0.4, 0.5) is 0 Å². The summed E-state index contributed by atoms with van der Waals surface area (Å²) in [4.78, 5) is 1.35. The van der Waals surface area contributed by atoms with E-state index in [1.54, 1.807) is 0 Å². The Morgan fingerprint density at radius 3 is 2.71 bits per heavy atom. The van der Waals surface area contributed by atoms with E-state index >= 15 is 0 Å². The van der Waals surface area contributed by atoms with E-state index in [-0.39, 0.29) is 0 Å². The highest BCUT2D eigenvalue weighted by atomic mass is 32.2. The van der Waals surface area contributed by atoms with Crippen molar-refractivity contribution in [3.05, 3.63) is 65.2 Å². The van der Waals surface area contributed by atoms with Gasteiger partial charge in [0.1, 0.15) is 0 Å². The maximum absolute atomic E-state index is 5.76. The molecule has 0 aromatic heterocycles. The van der Waals surface area contributed by atoms with Crippen LogP contribution in [-0.4, -0.2) is 11.8 Å². The van der Waals surface area contributed by atoms with Crippen LogP contribution in [0.2, 0.25) is 0 Å². The number of hydrazine groups is 1. The Balaban J connectivity index is 1.56. The van der Waals surface area contributed by atoms with Gasteiger partial charge in [0.15, 0.2) is 0 Å². The number of fused-ring (bicyclic) bond motifs is 1. The minimum Gasteiger partial charge on any atom is -0.271 e. The zero-order chi connectivity index (χ0) is 14.7. The van der Waals surface area contributed by atoms with Gasteiger partial charge in [0.2, 0.25) is 0 Å². The number of hydrogen-bond acceptors (Lipinski definition) is 3. The van der Waals surface area contributed by atoms with Gasteiger partial charge in [0, 0.05) is 16.7 Å². The number of rotatable bonds is 6. The topological polar surface area (TPSA) is 38.0 Å². The molecule has 3 heteroatoms. The third-order valence-electron chi connectivity index (χ3n) is 4.30. The van der Waals surface area contributed by atoms with Crippen molar-refractivity contribution in [2.75, 3.05) is 5.75 Å². The van der Waals surface area contributed by atoms with Crippen molar-refractivity contribution in [2.45, 2.75) is 36.6 Å². The molecule has 1 aliphatic rings. The van der Waals surface area contributed by atoms with E-state index in [2.05, 4.69) is 60.9 Å². The first kappa shape index (κ1) is 14.6. The van der Waals surface area contributed by atoms with Crippen LogP contribution in [0.1, 0.15) is 29.0 Å². The highest BCUT2D eigenvalue weighted by molar-refractivity contribution is 7.99. The molecule has 0 amide bonds. The molecule has 3 N–H and O–H groups in total. The first-order valence-electron chi connectivity index (χ1n) is 7.50. The fourth-order valence-corrected chi connectivity index (χ4v) is 4.09. The minimum absolute atomic E-state index is 0.355. The van der Waals surface area contributed by atoms with E-state index in [4.69, 9.17) is 5.84 Å². The summed E-state index contributed by atoms with van der Waals surface area (Å²) in [5, 5.41) is 0. The molecule has 21 heavy (non-hydrogen) atoms. The largest absolute Gasteiger partial charge is 0.271 e. The van der Waals surface area contributed by atoms with Gasteiger partial charge in [-0.2, -0.15) is 0 Å². The second kappa shape index (κ2) is 6.65. The lowest BCUT2D eigenvalue weighted by molar-refractivity contribution is 0.452. The third-order valence-corrected chi connectivity index (χ3v) is 5.64. The molecule has 2 aromatic carbocycles. The fourth-order valence-electron chi connectivity index (χ4n) is 3.01. The molecule has 2 aromatic rings. The van der Waals surface area contributed by atoms with Crippen LogP contribution >= 0.6 is 11.8 Å². The van der Waals surface area contributed by atoms with Crippen molar-refractivity contribution in [3.8, 4) is 0 Å². The van der Waals surface area contributed by atoms with Gasteiger partial charge in [-0.1, -0.05) is 42.5 Å². The van der Waals surface area contributed by atoms with E-state index < -0.39 is 0 Å². The molecule has 0 spiro atoms. The Morgan fingerprint density at radius 1 is 1.19 bits per heavy atom. The molecular weight excluding hydrogens is 276 g/mol. The van der Waals surface area contributed by atoms with Crippen molar-refractivity contribution < 1.29 is 0 Å². The molecular formula is C18H22N2S. The van der Waals surface area contributed by atoms with Crippen LogP contribution in [0.25, 0.3) is 0 Å². The Labute approximate surface area is 131 Å². The molecule has 2 atom stereocenters. The predicted molar refractivity (Wildman–Crippen MR) is 90.5 cm³/mol. The quantitative estimate of drug-likeness (QED) is 0.486. The van der Waals surface area contributed by atoms with E-state index in [1.165, 1.54) is 28.0 Å². The van der Waals surface area contributed by atoms with Gasteiger partial charge in [0.05, 0.1) is 0 Å². The summed E-state index contributed by atoms with van der Waals surface area (Å²) in [7, 11) is 0. The van der Waals surface area contributed by atoms with Crippen molar-refractivity contribution in [3.63, 3.8) is 0 Å². The lowest BCUT2D eigenvalue weighted by Crippen LogP contribution is -2.39. The first-order valence-corrected chi connectivity index (χ1v) is 8.49. The maximum Gasteiger partial charge on any atom is 0.0310 e. The Morgan fingerprint density at radius 2 is 1.95 bits per heavy atom. The Hall–Kier alpha value is -1.29. The second-order valence-electron chi connectivity index (χ2n) is 5.78. The zero-order valence-corrected chi connectivity index (χ0v) is 13.2. The standard InChI is InChI=1S/C18H22N2S/c1-13-6-2-5-9-18(13)21-12-16(20-19)11-15-10-14-7-3-4-8-17(14)15/h2-9,15-16,20H,10-12,19H2,1H3. The molecule has 0 fully saturated rings. The summed E-state index contributed by atoms with van der Waals surface area (Å²) >= 11 is 1.90. The fraction of sp³-hybridized carbons (Fsp3) is 0.333. The molecule has 2 nitrogen and oxygen atoms in total. The normalized spacial score (nSPS) is 17.9. The van der Waals surface area contributed by atoms with Crippen molar-refractivity contribution in [1.29, 1.82) is 0 Å². The molecule has 0 saturated carbocycles. The molecule has 2 unspecified atom stereocenters. The average molecular weight is 298 g/mol. The molecule has 0 saturated heterocycles. The number of aryl methyl sites for hydroxylation is 1. The lowest BCUT2D eigenvalue weighted by Gasteiger charge is -2.32. The number of thioether (sulfide) groups is 1. The number of nitrogens with two attached hydrogens (primary N) is 1. The second-order valence-corrected chi connectivity index (χ2v) is 6.84. The molecule has 3 rings (SSSR count). The zero-order valence-electron chi connectivity index (χ0n) is 12.4. The van der Waals surface area contributed by atoms with E-state index in [9.17, 15) is 0 Å². The predicted octanol–water partition coefficient (Wildman–Crippen LogP) is 3.65. The van der Waals surface area contributed by atoms with Crippen LogP contribution in [0.15, 0.2) is 53.4 Å². The highest BCUT2D eigenvalue weighted by Gasteiger charge is 2.27. The van der Waals surface area contributed by atoms with Crippen LogP contribution < -0.4 is 11.3 Å². The molecule has 0 bridgehead atoms. The summed E-state index contributed by atoms with van der Waals surface area (Å²) < 4.78 is 0. The highest BCUT2D eigenvalue weighted by Crippen LogP contribution is 2.38. The summed E-state index contributed by atoms with van der Waals surface area (Å²) in [5.41, 5.74) is 7.36. The number of nitrogens with one attached hydrogen (secondary N) is 1. The number of benzene rings is 2. The Kier molecular flexibility index (Phi) is 4.63. The lowest BCUT2D eigenvalue weighted by atomic mass is 9.75. The van der Waals surface area contributed by atoms with E-state index in [1.807, 2.05) is 11.8 Å². The van der Waals surface area contributed by atoms with Gasteiger partial charge in [0.25, 0.3) is 0 Å². The van der Waals surface area contributed by atoms with Gasteiger partial charge in [-0.25, -0.2) is 0 Å². The Bertz CT molecular complexity index is 612. The van der Waals surface area contributed by atoms with Crippen molar-refractivity contribution in [2.24, 2.45) is 5.84 Å². The molecule has 0 aliphatic heterocycles. The molecule has 0 heterocycles. The van der Waals surface area contributed by atoms with Gasteiger partial charge in [-0.15, -0.1) is 11.8 Å². The average Bonchev–Trinajstić information content (AvgIpc) is 2.49. The maximum atomic E-state index is 5.76. The van der Waals surface area contributed by atoms with Gasteiger partial charge in [-0.3, -0.25) is 11.3 Å². The van der Waals surface area contributed by atoms with Gasteiger partial charge >= 0.3 is 0 Å². The van der Waals surface area contributed by atoms with Crippen molar-refractivity contribution >= 4 is 11.8 Å². The number of hydrogen-bond donors (Lipinski definition) is 2. The van der Waals surface area contributed by atoms with Gasteiger partial charge in [-0.05, 0) is 48.4 Å². The van der Waals surface area contributed by atoms with Crippen LogP contribution in [-0.2, 0) is 6.42 Å². The van der Waals surface area contributed by atoms with E-state index in [0.29, 0.717) is 12.0 Å². The summed E-state index contributed by atoms with van der Waals surface area (Å²) in [6.45, 7) is 2.16. The summed E-state index contributed by atoms with van der Waals surface area (Å²) in [6.07, 6.45) is 2.32. The van der Waals surface area contributed by atoms with Crippen molar-refractivity contribution in [1.82, 2.24) is 5.43 Å². The summed E-state index contributed by atoms with van der Waals surface area (Å²) in [6, 6.07) is 17.6. The monoisotopic (exact) mass is 298 g/mol. The van der Waals surface area contributed by atoms with Crippen LogP contribution in [0.5, 0.6) is 0 Å². The van der Waals surface area contributed by atoms with Crippen LogP contribution in [0.3, 0.4) is 0 Å². The molecule has 110 valence electrons. The smallest absolute Gasteiger partial charge is 0.0310 e. The first-order chi connectivity index (χ1) is 10.3. The van der Waals surface area contributed by atoms with Gasteiger partial charge < -0.3 is 0 Å². The molecule has 0 radical (unpaired) electrons. The summed E-state index contributed by atoms with van der Waals surface area (Å²) in [5.74, 6) is 7.44. The third kappa shape index (κ3) is 3.31. The SMILES string of the molecule is Cc1ccccc1SCC(CC1Cc2ccccc21)NN. The van der Waals surface area contributed by atoms with Crippen LogP contribution in [0, 0.1) is 6.92 Å². The minimum atomic E-state index is 0.355.